The number of benzene rings is 6. The molecule has 0 saturated heterocycles. The predicted molar refractivity (Wildman–Crippen MR) is 322 cm³/mol. The van der Waals surface area contributed by atoms with Crippen LogP contribution in [0.1, 0.15) is 89.1 Å². The number of nitrogens with one attached hydrogen (secondary N) is 1. The van der Waals surface area contributed by atoms with Gasteiger partial charge in [-0.05, 0) is 143 Å². The minimum atomic E-state index is -4.06. The molecule has 4 aliphatic heterocycles. The maximum Gasteiger partial charge on any atom is 0.339 e. The van der Waals surface area contributed by atoms with E-state index in [1.807, 2.05) is 30.3 Å². The van der Waals surface area contributed by atoms with E-state index in [0.717, 1.165) is 70.4 Å². The van der Waals surface area contributed by atoms with Crippen LogP contribution in [0.25, 0.3) is 0 Å². The first kappa shape index (κ1) is 66.1. The van der Waals surface area contributed by atoms with Crippen LogP contribution < -0.4 is 38.4 Å². The summed E-state index contributed by atoms with van der Waals surface area (Å²) < 4.78 is 111. The minimum absolute atomic E-state index is 0. The van der Waals surface area contributed by atoms with Crippen molar-refractivity contribution in [3.05, 3.63) is 165 Å². The van der Waals surface area contributed by atoms with E-state index in [0.29, 0.717) is 61.0 Å². The van der Waals surface area contributed by atoms with Crippen LogP contribution in [-0.4, -0.2) is 139 Å². The lowest BCUT2D eigenvalue weighted by molar-refractivity contribution is -0.127. The fourth-order valence-electron chi connectivity index (χ4n) is 10.2. The van der Waals surface area contributed by atoms with Crippen molar-refractivity contribution in [1.82, 2.24) is 15.1 Å². The molecule has 2 unspecified atom stereocenters. The summed E-state index contributed by atoms with van der Waals surface area (Å²) in [6.07, 6.45) is 2.66. The van der Waals surface area contributed by atoms with Gasteiger partial charge in [0, 0.05) is 65.4 Å². The Labute approximate surface area is 514 Å². The van der Waals surface area contributed by atoms with Crippen LogP contribution in [0.2, 0.25) is 0 Å². The highest BCUT2D eigenvalue weighted by atomic mass is 35.5. The summed E-state index contributed by atoms with van der Waals surface area (Å²) in [5.74, 6) is 0.602. The molecule has 0 bridgehead atoms. The number of ether oxygens (including phenoxy) is 4. The fourth-order valence-corrected chi connectivity index (χ4v) is 12.2. The van der Waals surface area contributed by atoms with Crippen LogP contribution in [-0.2, 0) is 68.6 Å². The third-order valence-electron chi connectivity index (χ3n) is 14.1. The van der Waals surface area contributed by atoms with E-state index in [1.54, 1.807) is 54.6 Å². The van der Waals surface area contributed by atoms with E-state index in [4.69, 9.17) is 47.6 Å². The molecule has 2 atom stereocenters. The number of hydrogen-bond acceptors (Lipinski definition) is 19. The molecule has 0 radical (unpaired) electrons. The average molecular weight is 1280 g/mol. The van der Waals surface area contributed by atoms with Gasteiger partial charge in [0.1, 0.15) is 26.9 Å². The Kier molecular flexibility index (Phi) is 24.5. The second-order valence-corrected chi connectivity index (χ2v) is 22.7. The van der Waals surface area contributed by atoms with Crippen molar-refractivity contribution in [2.45, 2.75) is 68.1 Å². The van der Waals surface area contributed by atoms with Crippen LogP contribution >= 0.6 is 23.2 Å². The first-order chi connectivity index (χ1) is 42.1. The van der Waals surface area contributed by atoms with Gasteiger partial charge in [0.25, 0.3) is 5.91 Å². The van der Waals surface area contributed by atoms with E-state index in [2.05, 4.69) is 38.3 Å². The van der Waals surface area contributed by atoms with Gasteiger partial charge in [0.15, 0.2) is 23.0 Å². The number of rotatable bonds is 16. The van der Waals surface area contributed by atoms with Crippen molar-refractivity contribution in [1.29, 1.82) is 0 Å². The van der Waals surface area contributed by atoms with E-state index in [1.165, 1.54) is 52.7 Å². The van der Waals surface area contributed by atoms with Crippen LogP contribution in [0, 0.1) is 0 Å². The Balaban J connectivity index is 0.000000308. The summed E-state index contributed by atoms with van der Waals surface area (Å²) in [6, 6.07) is 30.6. The molecule has 0 aliphatic carbocycles. The molecule has 0 saturated carbocycles. The van der Waals surface area contributed by atoms with E-state index in [9.17, 15) is 45.5 Å². The lowest BCUT2D eigenvalue weighted by atomic mass is 9.82. The molecule has 0 spiro atoms. The standard InChI is InChI=1S/C28H30N2O7S.C26H25NO7S.C2Cl2O2.C2H7NO.CH3F.CH4.H2/c1-35-25-9-8-18-14-24-21-16-22(28(32)29-11-13-31)26(36-2)15-19(21)10-12-30(24)17-23(18)27(25)37-38(33,34)20-6-4-3-5-7-20;1-32-23-9-8-16-12-22-19-14-20(26(28)29)24(33-2)13-17(19)10-11-27(22)15-21(16)25(23)34-35(30,31)18-6-4-3-5-7-18;3-1(5)2(4)6;3-1-2-4;1-2;;/h3-9,15-16,24,31H,10-14,17H2,1-2H3,(H,29,32);3-9,13-14,22H,10-12,15H2,1-2H3,(H,28,29);;4H,1-3H2;1H3;1H4;1H/i;;;;1D;;1+1D. The lowest BCUT2D eigenvalue weighted by Gasteiger charge is -2.42. The molecule has 10 rings (SSSR count). The Morgan fingerprint density at radius 3 is 1.38 bits per heavy atom. The second kappa shape index (κ2) is 31.8. The van der Waals surface area contributed by atoms with Gasteiger partial charge in [-0.1, -0.05) is 56.0 Å². The number of carbonyl (C=O) groups excluding carboxylic acids is 3. The van der Waals surface area contributed by atoms with Crippen molar-refractivity contribution in [2.75, 3.05) is 75.0 Å². The fraction of sp³-hybridized carbons (Fsp3) is 0.333. The predicted octanol–water partition coefficient (Wildman–Crippen LogP) is 7.60. The zero-order valence-electron chi connectivity index (χ0n) is 49.7. The number of halogens is 3. The molecule has 4 heterocycles. The minimum Gasteiger partial charge on any atom is -0.496 e. The molecular formula is C60H71Cl2FN4O17S2. The Morgan fingerprint density at radius 2 is 1.03 bits per heavy atom. The zero-order chi connectivity index (χ0) is 64.9. The Morgan fingerprint density at radius 1 is 0.651 bits per heavy atom. The maximum atomic E-state index is 13.1. The highest BCUT2D eigenvalue weighted by molar-refractivity contribution is 7.87. The highest BCUT2D eigenvalue weighted by Gasteiger charge is 2.39. The number of fused-ring (bicyclic) bond motifs is 8. The number of aromatic carboxylic acids is 1. The Hall–Kier alpha value is -7.39. The molecule has 6 aromatic carbocycles. The first-order valence-electron chi connectivity index (χ1n) is 27.8. The van der Waals surface area contributed by atoms with Crippen molar-refractivity contribution < 1.29 is 87.4 Å². The van der Waals surface area contributed by atoms with E-state index >= 15 is 0 Å². The molecule has 466 valence electrons. The van der Waals surface area contributed by atoms with E-state index < -0.39 is 43.8 Å². The monoisotopic (exact) mass is 1280 g/mol. The molecule has 21 nitrogen and oxygen atoms in total. The van der Waals surface area contributed by atoms with Gasteiger partial charge in [-0.3, -0.25) is 28.6 Å². The number of nitrogens with zero attached hydrogens (tertiary/aromatic N) is 2. The number of hydrogen-bond donors (Lipinski definition) is 5. The van der Waals surface area contributed by atoms with Gasteiger partial charge in [0.05, 0.1) is 55.7 Å². The third kappa shape index (κ3) is 16.4. The Bertz CT molecular complexity index is 3610. The van der Waals surface area contributed by atoms with Crippen molar-refractivity contribution in [3.63, 3.8) is 0 Å². The average Bonchev–Trinajstić information content (AvgIpc) is 0.795. The zero-order valence-corrected chi connectivity index (χ0v) is 49.9. The normalized spacial score (nSPS) is 15.4. The van der Waals surface area contributed by atoms with Gasteiger partial charge in [-0.2, -0.15) is 16.8 Å². The van der Waals surface area contributed by atoms with Gasteiger partial charge in [-0.15, -0.1) is 0 Å². The van der Waals surface area contributed by atoms with Gasteiger partial charge >= 0.3 is 36.7 Å². The summed E-state index contributed by atoms with van der Waals surface area (Å²) in [5, 5.41) is 27.0. The van der Waals surface area contributed by atoms with Crippen LogP contribution in [0.5, 0.6) is 34.5 Å². The molecule has 6 aromatic rings. The molecular weight excluding hydrogens is 1200 g/mol. The summed E-state index contributed by atoms with van der Waals surface area (Å²) in [7, 11) is -3.14. The number of methoxy groups -OCH3 is 4. The quantitative estimate of drug-likeness (QED) is 0.0354. The molecule has 4 aliphatic rings. The summed E-state index contributed by atoms with van der Waals surface area (Å²) in [6.45, 7) is 2.87. The number of aliphatic hydroxyl groups excluding tert-OH is 2. The number of alkyl halides is 1. The lowest BCUT2D eigenvalue weighted by Crippen LogP contribution is -2.40. The number of carbonyl (C=O) groups is 4. The van der Waals surface area contributed by atoms with Gasteiger partial charge in [0.2, 0.25) is 0 Å². The summed E-state index contributed by atoms with van der Waals surface area (Å²) in [5.41, 5.74) is 12.9. The van der Waals surface area contributed by atoms with Crippen LogP contribution in [0.4, 0.5) is 4.39 Å². The summed E-state index contributed by atoms with van der Waals surface area (Å²) in [4.78, 5) is 48.1. The van der Waals surface area contributed by atoms with Crippen molar-refractivity contribution in [3.8, 4) is 34.5 Å². The number of carboxylic acid groups (broad SMARTS) is 1. The highest BCUT2D eigenvalue weighted by Crippen LogP contribution is 2.48. The van der Waals surface area contributed by atoms with Crippen molar-refractivity contribution in [2.24, 2.45) is 5.73 Å². The summed E-state index contributed by atoms with van der Waals surface area (Å²) >= 11 is 8.98. The van der Waals surface area contributed by atoms with Crippen LogP contribution in [0.15, 0.2) is 119 Å². The second-order valence-electron chi connectivity index (χ2n) is 18.9. The maximum absolute atomic E-state index is 13.1. The molecule has 1 amide bonds. The molecule has 86 heavy (non-hydrogen) atoms. The van der Waals surface area contributed by atoms with Crippen molar-refractivity contribution >= 4 is 65.8 Å². The third-order valence-corrected chi connectivity index (χ3v) is 17.0. The first-order valence-corrected chi connectivity index (χ1v) is 29.7. The van der Waals surface area contributed by atoms with Gasteiger partial charge in [-0.25, -0.2) is 4.79 Å². The number of carboxylic acids is 1. The molecule has 26 heteroatoms. The smallest absolute Gasteiger partial charge is 0.339 e. The number of aliphatic hydroxyl groups is 2. The van der Waals surface area contributed by atoms with Gasteiger partial charge < -0.3 is 53.7 Å². The van der Waals surface area contributed by atoms with E-state index in [-0.39, 0.29) is 72.0 Å². The largest absolute Gasteiger partial charge is 0.496 e. The number of amides is 1. The molecule has 0 fully saturated rings. The molecule has 0 aromatic heterocycles. The molecule has 6 N–H and O–H groups in total. The number of nitrogens with two attached hydrogens (primary N) is 1. The topological polar surface area (TPSA) is 297 Å². The van der Waals surface area contributed by atoms with Crippen LogP contribution in [0.3, 0.4) is 0 Å². The SMILES string of the molecule is C.COc1cc2c(cc1C(=O)NCCO)C1Cc3ccc(OC)c(OS(=O)(=O)c4ccccc4)c3CN1CC2.COc1cc2c(cc1C(=O)O)C1Cc3ccc(OC)c(OS(=O)(=O)c4ccccc4)c3CN1CC2.NCCO.O=C(Cl)C(=O)Cl.[2H]CF.[2H][2H].